The van der Waals surface area contributed by atoms with E-state index in [1.807, 2.05) is 13.8 Å². The summed E-state index contributed by atoms with van der Waals surface area (Å²) < 4.78 is 98.4. The molecule has 0 aliphatic carbocycles. The first kappa shape index (κ1) is 51.4. The number of hydrogen-bond acceptors (Lipinski definition) is 18. The molecule has 0 spiro atoms. The Hall–Kier alpha value is -0.660. The molecule has 0 atom stereocenters. The van der Waals surface area contributed by atoms with Crippen molar-refractivity contribution in [3.05, 3.63) is 0 Å². The van der Waals surface area contributed by atoms with Crippen molar-refractivity contribution in [3.63, 3.8) is 0 Å². The van der Waals surface area contributed by atoms with Crippen molar-refractivity contribution < 1.29 is 63.1 Å². The van der Waals surface area contributed by atoms with E-state index in [0.717, 1.165) is 25.4 Å². The van der Waals surface area contributed by atoms with E-state index in [9.17, 15) is 16.8 Å². The zero-order chi connectivity index (χ0) is 38.0. The molecule has 0 aromatic rings. The molecule has 0 fully saturated rings. The molecule has 8 N–H and O–H groups in total. The van der Waals surface area contributed by atoms with Crippen LogP contribution in [0.5, 0.6) is 0 Å². The zero-order valence-corrected chi connectivity index (χ0v) is 32.4. The normalized spacial score (nSPS) is 12.6. The van der Waals surface area contributed by atoms with E-state index in [1.165, 1.54) is 0 Å². The number of rotatable bonds is 36. The molecule has 0 saturated heterocycles. The molecule has 0 amide bonds. The Morgan fingerprint density at radius 1 is 0.380 bits per heavy atom. The van der Waals surface area contributed by atoms with Crippen LogP contribution in [0.1, 0.15) is 26.7 Å². The first-order chi connectivity index (χ1) is 23.8. The topological polar surface area (TPSA) is 265 Å². The second-order valence-electron chi connectivity index (χ2n) is 11.6. The summed E-state index contributed by atoms with van der Waals surface area (Å²) in [6.07, 6.45) is 3.64. The number of nitrogens with two attached hydrogens (primary N) is 4. The minimum atomic E-state index is -3.52. The predicted molar refractivity (Wildman–Crippen MR) is 190 cm³/mol. The van der Waals surface area contributed by atoms with Crippen LogP contribution in [0, 0.1) is 10.8 Å². The maximum absolute atomic E-state index is 11.0. The Morgan fingerprint density at radius 3 is 0.800 bits per heavy atom. The summed E-state index contributed by atoms with van der Waals surface area (Å²) in [6, 6.07) is 0. The van der Waals surface area contributed by atoms with Crippen LogP contribution >= 0.6 is 0 Å². The van der Waals surface area contributed by atoms with Crippen molar-refractivity contribution in [3.8, 4) is 0 Å². The molecule has 0 aromatic carbocycles. The summed E-state index contributed by atoms with van der Waals surface area (Å²) in [7, 11) is -7.05. The van der Waals surface area contributed by atoms with E-state index in [2.05, 4.69) is 8.37 Å². The average Bonchev–Trinajstić information content (AvgIpc) is 3.04. The quantitative estimate of drug-likeness (QED) is 0.0425. The average molecular weight is 773 g/mol. The molecule has 0 unspecified atom stereocenters. The van der Waals surface area contributed by atoms with E-state index in [4.69, 9.17) is 60.8 Å². The Balaban J connectivity index is 0. The highest BCUT2D eigenvalue weighted by atomic mass is 32.2. The third kappa shape index (κ3) is 33.2. The van der Waals surface area contributed by atoms with E-state index >= 15 is 0 Å². The van der Waals surface area contributed by atoms with Crippen molar-refractivity contribution >= 4 is 20.2 Å². The minimum Gasteiger partial charge on any atom is -0.381 e. The van der Waals surface area contributed by atoms with Gasteiger partial charge in [0.05, 0.1) is 129 Å². The van der Waals surface area contributed by atoms with Crippen LogP contribution in [-0.2, 0) is 66.5 Å². The van der Waals surface area contributed by atoms with Gasteiger partial charge in [0.25, 0.3) is 20.2 Å². The molecule has 20 heteroatoms. The van der Waals surface area contributed by atoms with Crippen molar-refractivity contribution in [2.24, 2.45) is 33.8 Å². The van der Waals surface area contributed by atoms with E-state index in [-0.39, 0.29) is 39.6 Å². The van der Waals surface area contributed by atoms with Crippen molar-refractivity contribution in [1.82, 2.24) is 0 Å². The minimum absolute atomic E-state index is 0.0769. The summed E-state index contributed by atoms with van der Waals surface area (Å²) >= 11 is 0. The molecule has 0 aliphatic rings. The Morgan fingerprint density at radius 2 is 0.600 bits per heavy atom. The van der Waals surface area contributed by atoms with Crippen LogP contribution in [0.3, 0.4) is 0 Å². The molecule has 0 saturated carbocycles. The van der Waals surface area contributed by atoms with Gasteiger partial charge in [0.1, 0.15) is 0 Å². The molecular weight excluding hydrogens is 704 g/mol. The van der Waals surface area contributed by atoms with Gasteiger partial charge in [-0.3, -0.25) is 8.37 Å². The summed E-state index contributed by atoms with van der Waals surface area (Å²) in [5.74, 6) is 0. The largest absolute Gasteiger partial charge is 0.381 e. The fourth-order valence-corrected chi connectivity index (χ4v) is 4.66. The van der Waals surface area contributed by atoms with Crippen molar-refractivity contribution in [2.75, 3.05) is 158 Å². The van der Waals surface area contributed by atoms with Crippen LogP contribution in [-0.4, -0.2) is 174 Å². The maximum atomic E-state index is 11.0. The third-order valence-electron chi connectivity index (χ3n) is 6.06. The van der Waals surface area contributed by atoms with Crippen LogP contribution in [0.25, 0.3) is 0 Å². The third-order valence-corrected chi connectivity index (χ3v) is 7.25. The van der Waals surface area contributed by atoms with Crippen LogP contribution in [0.2, 0.25) is 0 Å². The van der Waals surface area contributed by atoms with Gasteiger partial charge in [-0.2, -0.15) is 16.8 Å². The molecule has 0 rings (SSSR count). The zero-order valence-electron chi connectivity index (χ0n) is 30.8. The number of ether oxygens (including phenoxy) is 8. The van der Waals surface area contributed by atoms with Gasteiger partial charge >= 0.3 is 0 Å². The molecule has 0 aliphatic heterocycles. The molecule has 50 heavy (non-hydrogen) atoms. The molecular formula is C30H68N4O14S2. The second kappa shape index (κ2) is 32.9. The smallest absolute Gasteiger partial charge is 0.264 e. The summed E-state index contributed by atoms with van der Waals surface area (Å²) in [5, 5.41) is 0. The second-order valence-corrected chi connectivity index (χ2v) is 14.9. The monoisotopic (exact) mass is 772 g/mol. The maximum Gasteiger partial charge on any atom is 0.264 e. The standard InChI is InChI=1S/C17H36O10S2.C13H32N4O4/c1-5-7-22-13-17(14-23-8-6-2,15-24-9-11-26-28(3,18)19)16-25-10-12-27-29(4,20)21;14-1-5-18-9-13(10-19-6-2-15,11-20-7-3-16)12-21-8-4-17/h5-16H2,1-4H3;1-12,14-17H2. The van der Waals surface area contributed by atoms with Gasteiger partial charge in [-0.05, 0) is 12.8 Å². The Kier molecular flexibility index (Phi) is 33.9. The molecule has 0 aromatic heterocycles. The molecule has 304 valence electrons. The van der Waals surface area contributed by atoms with Crippen molar-refractivity contribution in [2.45, 2.75) is 26.7 Å². The van der Waals surface area contributed by atoms with Crippen LogP contribution < -0.4 is 22.9 Å². The highest BCUT2D eigenvalue weighted by molar-refractivity contribution is 7.86. The van der Waals surface area contributed by atoms with Gasteiger partial charge in [0, 0.05) is 39.4 Å². The Labute approximate surface area is 300 Å². The first-order valence-corrected chi connectivity index (χ1v) is 20.5. The van der Waals surface area contributed by atoms with Gasteiger partial charge in [-0.25, -0.2) is 0 Å². The Bertz CT molecular complexity index is 866. The molecule has 0 heterocycles. The van der Waals surface area contributed by atoms with Gasteiger partial charge in [0.15, 0.2) is 0 Å². The lowest BCUT2D eigenvalue weighted by atomic mass is 9.92. The molecule has 0 radical (unpaired) electrons. The molecule has 18 nitrogen and oxygen atoms in total. The summed E-state index contributed by atoms with van der Waals surface area (Å²) in [5.41, 5.74) is 20.8. The highest BCUT2D eigenvalue weighted by Gasteiger charge is 2.33. The van der Waals surface area contributed by atoms with E-state index in [1.54, 1.807) is 0 Å². The fourth-order valence-electron chi connectivity index (χ4n) is 3.92. The van der Waals surface area contributed by atoms with Crippen LogP contribution in [0.15, 0.2) is 0 Å². The van der Waals surface area contributed by atoms with E-state index < -0.39 is 31.1 Å². The lowest BCUT2D eigenvalue weighted by Gasteiger charge is -2.33. The summed E-state index contributed by atoms with van der Waals surface area (Å²) in [6.45, 7) is 11.6. The highest BCUT2D eigenvalue weighted by Crippen LogP contribution is 2.22. The van der Waals surface area contributed by atoms with Crippen LogP contribution in [0.4, 0.5) is 0 Å². The van der Waals surface area contributed by atoms with Gasteiger partial charge in [0.2, 0.25) is 0 Å². The van der Waals surface area contributed by atoms with Gasteiger partial charge in [-0.1, -0.05) is 13.8 Å². The van der Waals surface area contributed by atoms with E-state index in [0.29, 0.717) is 105 Å². The van der Waals surface area contributed by atoms with Gasteiger partial charge in [-0.15, -0.1) is 0 Å². The first-order valence-electron chi connectivity index (χ1n) is 16.9. The predicted octanol–water partition coefficient (Wildman–Crippen LogP) is -1.31. The fraction of sp³-hybridized carbons (Fsp3) is 1.00. The summed E-state index contributed by atoms with van der Waals surface area (Å²) in [4.78, 5) is 0. The molecule has 0 bridgehead atoms. The lowest BCUT2D eigenvalue weighted by Crippen LogP contribution is -2.43. The van der Waals surface area contributed by atoms with Gasteiger partial charge < -0.3 is 60.8 Å². The number of hydrogen-bond donors (Lipinski definition) is 4. The SMILES string of the molecule is CCCOCC(COCCC)(COCCOS(C)(=O)=O)COCCOS(C)(=O)=O.NCCOCC(COCCN)(COCCN)COCCN. The lowest BCUT2D eigenvalue weighted by molar-refractivity contribution is -0.110. The van der Waals surface area contributed by atoms with Crippen molar-refractivity contribution in [1.29, 1.82) is 0 Å².